The van der Waals surface area contributed by atoms with Crippen LogP contribution in [0.2, 0.25) is 0 Å². The molecule has 23 heavy (non-hydrogen) atoms. The van der Waals surface area contributed by atoms with E-state index in [-0.39, 0.29) is 6.03 Å². The molecule has 3 aromatic rings. The molecule has 0 aliphatic rings. The number of hydrogen-bond donors (Lipinski definition) is 0. The Morgan fingerprint density at radius 3 is 2.22 bits per heavy atom. The average molecular weight is 305 g/mol. The minimum atomic E-state index is -0.0534. The molecule has 3 rings (SSSR count). The van der Waals surface area contributed by atoms with Gasteiger partial charge in [0.1, 0.15) is 6.33 Å². The van der Waals surface area contributed by atoms with Crippen LogP contribution in [0.15, 0.2) is 79.4 Å². The van der Waals surface area contributed by atoms with E-state index < -0.39 is 0 Å². The van der Waals surface area contributed by atoms with Gasteiger partial charge in [-0.15, -0.1) is 0 Å². The van der Waals surface area contributed by atoms with Crippen molar-refractivity contribution in [3.05, 3.63) is 90.5 Å². The van der Waals surface area contributed by atoms with Crippen molar-refractivity contribution in [2.75, 3.05) is 6.54 Å². The van der Waals surface area contributed by atoms with Crippen LogP contribution in [0.3, 0.4) is 0 Å². The third-order valence-corrected chi connectivity index (χ3v) is 3.73. The van der Waals surface area contributed by atoms with Gasteiger partial charge in [-0.05, 0) is 17.5 Å². The maximum Gasteiger partial charge on any atom is 0.329 e. The van der Waals surface area contributed by atoms with Crippen molar-refractivity contribution >= 4 is 6.03 Å². The number of imidazole rings is 1. The Morgan fingerprint density at radius 1 is 0.957 bits per heavy atom. The summed E-state index contributed by atoms with van der Waals surface area (Å²) < 4.78 is 1.52. The van der Waals surface area contributed by atoms with Crippen LogP contribution in [0, 0.1) is 0 Å². The fourth-order valence-electron chi connectivity index (χ4n) is 2.49. The van der Waals surface area contributed by atoms with Crippen LogP contribution >= 0.6 is 0 Å². The first-order valence-corrected chi connectivity index (χ1v) is 7.68. The topological polar surface area (TPSA) is 38.1 Å². The van der Waals surface area contributed by atoms with Crippen molar-refractivity contribution in [1.29, 1.82) is 0 Å². The number of carbonyl (C=O) groups excluding carboxylic acids is 1. The Bertz CT molecular complexity index is 724. The van der Waals surface area contributed by atoms with Gasteiger partial charge < -0.3 is 4.90 Å². The lowest BCUT2D eigenvalue weighted by molar-refractivity contribution is 0.197. The molecule has 0 N–H and O–H groups in total. The fourth-order valence-corrected chi connectivity index (χ4v) is 2.49. The van der Waals surface area contributed by atoms with E-state index in [0.717, 1.165) is 12.0 Å². The third-order valence-electron chi connectivity index (χ3n) is 3.73. The van der Waals surface area contributed by atoms with E-state index in [1.165, 1.54) is 10.1 Å². The lowest BCUT2D eigenvalue weighted by Crippen LogP contribution is -2.35. The maximum absolute atomic E-state index is 12.7. The molecule has 0 bridgehead atoms. The first-order chi connectivity index (χ1) is 11.3. The molecule has 1 aromatic heterocycles. The van der Waals surface area contributed by atoms with Crippen LogP contribution < -0.4 is 0 Å². The van der Waals surface area contributed by atoms with E-state index in [2.05, 4.69) is 17.1 Å². The van der Waals surface area contributed by atoms with Crippen LogP contribution in [0.5, 0.6) is 0 Å². The number of carbonyl (C=O) groups is 1. The van der Waals surface area contributed by atoms with Gasteiger partial charge in [0.05, 0.1) is 0 Å². The molecule has 4 heteroatoms. The standard InChI is InChI=1S/C19H19N3O/c23-19(22-14-12-20-16-22)21(15-18-9-5-2-6-10-18)13-11-17-7-3-1-4-8-17/h1-10,12,14,16H,11,13,15H2. The highest BCUT2D eigenvalue weighted by Gasteiger charge is 2.15. The maximum atomic E-state index is 12.7. The number of hydrogen-bond acceptors (Lipinski definition) is 2. The Kier molecular flexibility index (Phi) is 4.84. The van der Waals surface area contributed by atoms with Crippen molar-refractivity contribution in [2.45, 2.75) is 13.0 Å². The Hall–Kier alpha value is -2.88. The fraction of sp³-hybridized carbons (Fsp3) is 0.158. The van der Waals surface area contributed by atoms with Crippen molar-refractivity contribution in [1.82, 2.24) is 14.5 Å². The summed E-state index contributed by atoms with van der Waals surface area (Å²) in [5.74, 6) is 0. The van der Waals surface area contributed by atoms with Crippen LogP contribution in [0.25, 0.3) is 0 Å². The second-order valence-electron chi connectivity index (χ2n) is 5.40. The largest absolute Gasteiger partial charge is 0.329 e. The van der Waals surface area contributed by atoms with Crippen LogP contribution in [0.1, 0.15) is 11.1 Å². The van der Waals surface area contributed by atoms with E-state index in [0.29, 0.717) is 13.1 Å². The van der Waals surface area contributed by atoms with Crippen molar-refractivity contribution < 1.29 is 4.79 Å². The highest BCUT2D eigenvalue weighted by Crippen LogP contribution is 2.09. The second kappa shape index (κ2) is 7.40. The van der Waals surface area contributed by atoms with Gasteiger partial charge in [0.15, 0.2) is 0 Å². The predicted octanol–water partition coefficient (Wildman–Crippen LogP) is 3.60. The minimum Gasteiger partial charge on any atom is -0.319 e. The third kappa shape index (κ3) is 4.07. The highest BCUT2D eigenvalue weighted by molar-refractivity contribution is 5.76. The molecule has 0 fully saturated rings. The summed E-state index contributed by atoms with van der Waals surface area (Å²) in [5, 5.41) is 0. The van der Waals surface area contributed by atoms with Crippen LogP contribution in [0.4, 0.5) is 4.79 Å². The number of benzene rings is 2. The van der Waals surface area contributed by atoms with Crippen LogP contribution in [-0.2, 0) is 13.0 Å². The lowest BCUT2D eigenvalue weighted by Gasteiger charge is -2.23. The first kappa shape index (κ1) is 15.0. The van der Waals surface area contributed by atoms with Gasteiger partial charge >= 0.3 is 6.03 Å². The molecule has 0 saturated carbocycles. The number of aromatic nitrogens is 2. The highest BCUT2D eigenvalue weighted by atomic mass is 16.2. The van der Waals surface area contributed by atoms with E-state index in [9.17, 15) is 4.79 Å². The summed E-state index contributed by atoms with van der Waals surface area (Å²) in [7, 11) is 0. The molecule has 116 valence electrons. The molecule has 0 saturated heterocycles. The minimum absolute atomic E-state index is 0.0534. The first-order valence-electron chi connectivity index (χ1n) is 7.68. The Morgan fingerprint density at radius 2 is 1.61 bits per heavy atom. The quantitative estimate of drug-likeness (QED) is 0.722. The zero-order valence-corrected chi connectivity index (χ0v) is 12.9. The van der Waals surface area contributed by atoms with Crippen molar-refractivity contribution in [2.24, 2.45) is 0 Å². The van der Waals surface area contributed by atoms with Gasteiger partial charge in [-0.1, -0.05) is 60.7 Å². The molecule has 1 amide bonds. The molecule has 1 heterocycles. The van der Waals surface area contributed by atoms with E-state index >= 15 is 0 Å². The van der Waals surface area contributed by atoms with Gasteiger partial charge in [-0.25, -0.2) is 9.78 Å². The molecule has 0 aliphatic heterocycles. The Labute approximate surface area is 136 Å². The monoisotopic (exact) mass is 305 g/mol. The number of rotatable bonds is 5. The summed E-state index contributed by atoms with van der Waals surface area (Å²) in [5.41, 5.74) is 2.35. The van der Waals surface area contributed by atoms with Crippen LogP contribution in [-0.4, -0.2) is 27.0 Å². The molecular formula is C19H19N3O. The van der Waals surface area contributed by atoms with Gasteiger partial charge in [-0.3, -0.25) is 4.57 Å². The van der Waals surface area contributed by atoms with Gasteiger partial charge in [0, 0.05) is 25.5 Å². The molecule has 0 spiro atoms. The summed E-state index contributed by atoms with van der Waals surface area (Å²) in [6.07, 6.45) is 5.68. The summed E-state index contributed by atoms with van der Waals surface area (Å²) >= 11 is 0. The average Bonchev–Trinajstić information content (AvgIpc) is 3.14. The molecule has 2 aromatic carbocycles. The molecule has 0 atom stereocenters. The molecule has 0 unspecified atom stereocenters. The number of amides is 1. The normalized spacial score (nSPS) is 10.4. The summed E-state index contributed by atoms with van der Waals surface area (Å²) in [6, 6.07) is 20.2. The zero-order chi connectivity index (χ0) is 15.9. The summed E-state index contributed by atoms with van der Waals surface area (Å²) in [4.78, 5) is 18.5. The SMILES string of the molecule is O=C(N(CCc1ccccc1)Cc1ccccc1)n1ccnc1. The molecular weight excluding hydrogens is 286 g/mol. The van der Waals surface area contributed by atoms with Gasteiger partial charge in [0.25, 0.3) is 0 Å². The number of nitrogens with zero attached hydrogens (tertiary/aromatic N) is 3. The van der Waals surface area contributed by atoms with E-state index in [4.69, 9.17) is 0 Å². The molecule has 0 radical (unpaired) electrons. The Balaban J connectivity index is 1.74. The van der Waals surface area contributed by atoms with E-state index in [1.54, 1.807) is 18.7 Å². The van der Waals surface area contributed by atoms with Gasteiger partial charge in [-0.2, -0.15) is 0 Å². The van der Waals surface area contributed by atoms with Crippen molar-refractivity contribution in [3.8, 4) is 0 Å². The van der Waals surface area contributed by atoms with Gasteiger partial charge in [0.2, 0.25) is 0 Å². The molecule has 4 nitrogen and oxygen atoms in total. The zero-order valence-electron chi connectivity index (χ0n) is 12.9. The van der Waals surface area contributed by atoms with E-state index in [1.807, 2.05) is 53.4 Å². The summed E-state index contributed by atoms with van der Waals surface area (Å²) in [6.45, 7) is 1.25. The second-order valence-corrected chi connectivity index (χ2v) is 5.40. The predicted molar refractivity (Wildman–Crippen MR) is 90.0 cm³/mol. The lowest BCUT2D eigenvalue weighted by atomic mass is 10.1. The van der Waals surface area contributed by atoms with Crippen molar-refractivity contribution in [3.63, 3.8) is 0 Å². The molecule has 0 aliphatic carbocycles. The smallest absolute Gasteiger partial charge is 0.319 e.